The SMILES string of the molecule is CCOc1c(Br)cc(Br)cc1/C=N/NC(=O)CN1CCOCC1. The van der Waals surface area contributed by atoms with Crippen LogP contribution in [0, 0.1) is 0 Å². The lowest BCUT2D eigenvalue weighted by Gasteiger charge is -2.25. The third-order valence-electron chi connectivity index (χ3n) is 3.19. The highest BCUT2D eigenvalue weighted by molar-refractivity contribution is 9.11. The Morgan fingerprint density at radius 3 is 2.87 bits per heavy atom. The zero-order valence-electron chi connectivity index (χ0n) is 12.8. The molecule has 1 aromatic carbocycles. The fraction of sp³-hybridized carbons (Fsp3) is 0.467. The van der Waals surface area contributed by atoms with Crippen molar-refractivity contribution < 1.29 is 14.3 Å². The third kappa shape index (κ3) is 5.87. The number of ether oxygens (including phenoxy) is 2. The van der Waals surface area contributed by atoms with Gasteiger partial charge in [-0.15, -0.1) is 0 Å². The first-order chi connectivity index (χ1) is 11.1. The quantitative estimate of drug-likeness (QED) is 0.536. The molecule has 1 aliphatic heterocycles. The summed E-state index contributed by atoms with van der Waals surface area (Å²) in [4.78, 5) is 13.9. The van der Waals surface area contributed by atoms with E-state index in [0.717, 1.165) is 27.6 Å². The van der Waals surface area contributed by atoms with Gasteiger partial charge in [-0.05, 0) is 35.0 Å². The first kappa shape index (κ1) is 18.4. The lowest BCUT2D eigenvalue weighted by Crippen LogP contribution is -2.42. The zero-order chi connectivity index (χ0) is 16.7. The van der Waals surface area contributed by atoms with Crippen LogP contribution in [0.1, 0.15) is 12.5 Å². The first-order valence-corrected chi connectivity index (χ1v) is 8.92. The molecule has 1 aliphatic rings. The summed E-state index contributed by atoms with van der Waals surface area (Å²) in [7, 11) is 0. The van der Waals surface area contributed by atoms with Crippen LogP contribution in [0.25, 0.3) is 0 Å². The lowest BCUT2D eigenvalue weighted by molar-refractivity contribution is -0.123. The van der Waals surface area contributed by atoms with E-state index in [1.54, 1.807) is 6.21 Å². The predicted octanol–water partition coefficient (Wildman–Crippen LogP) is 2.39. The van der Waals surface area contributed by atoms with Crippen molar-refractivity contribution in [1.82, 2.24) is 10.3 Å². The zero-order valence-corrected chi connectivity index (χ0v) is 16.0. The Balaban J connectivity index is 1.95. The van der Waals surface area contributed by atoms with Gasteiger partial charge in [0.2, 0.25) is 0 Å². The molecule has 0 saturated carbocycles. The molecular weight excluding hydrogens is 430 g/mol. The topological polar surface area (TPSA) is 63.2 Å². The van der Waals surface area contributed by atoms with E-state index in [9.17, 15) is 4.79 Å². The van der Waals surface area contributed by atoms with Gasteiger partial charge in [0.25, 0.3) is 5.91 Å². The van der Waals surface area contributed by atoms with Gasteiger partial charge in [0.15, 0.2) is 0 Å². The predicted molar refractivity (Wildman–Crippen MR) is 96.0 cm³/mol. The fourth-order valence-electron chi connectivity index (χ4n) is 2.14. The highest BCUT2D eigenvalue weighted by atomic mass is 79.9. The van der Waals surface area contributed by atoms with E-state index in [1.165, 1.54) is 0 Å². The van der Waals surface area contributed by atoms with Gasteiger partial charge < -0.3 is 9.47 Å². The minimum Gasteiger partial charge on any atom is -0.492 e. The molecule has 8 heteroatoms. The van der Waals surface area contributed by atoms with Crippen molar-refractivity contribution in [3.8, 4) is 5.75 Å². The average Bonchev–Trinajstić information content (AvgIpc) is 2.51. The second-order valence-corrected chi connectivity index (χ2v) is 6.69. The number of nitrogens with zero attached hydrogens (tertiary/aromatic N) is 2. The molecule has 0 radical (unpaired) electrons. The molecule has 0 unspecified atom stereocenters. The summed E-state index contributed by atoms with van der Waals surface area (Å²) < 4.78 is 12.6. The molecule has 1 saturated heterocycles. The van der Waals surface area contributed by atoms with Gasteiger partial charge in [0.1, 0.15) is 5.75 Å². The monoisotopic (exact) mass is 447 g/mol. The van der Waals surface area contributed by atoms with Gasteiger partial charge in [-0.1, -0.05) is 15.9 Å². The molecule has 2 rings (SSSR count). The minimum atomic E-state index is -0.143. The van der Waals surface area contributed by atoms with Gasteiger partial charge in [-0.25, -0.2) is 5.43 Å². The van der Waals surface area contributed by atoms with Crippen molar-refractivity contribution in [3.63, 3.8) is 0 Å². The normalized spacial score (nSPS) is 15.8. The molecule has 1 amide bonds. The summed E-state index contributed by atoms with van der Waals surface area (Å²) in [5, 5.41) is 4.03. The molecule has 0 atom stereocenters. The van der Waals surface area contributed by atoms with E-state index in [0.29, 0.717) is 32.1 Å². The van der Waals surface area contributed by atoms with Crippen molar-refractivity contribution in [3.05, 3.63) is 26.6 Å². The Bertz CT molecular complexity index is 575. The Hall–Kier alpha value is -0.960. The summed E-state index contributed by atoms with van der Waals surface area (Å²) in [6.07, 6.45) is 1.58. The van der Waals surface area contributed by atoms with Gasteiger partial charge >= 0.3 is 0 Å². The van der Waals surface area contributed by atoms with Crippen LogP contribution in [-0.2, 0) is 9.53 Å². The molecule has 1 fully saturated rings. The second-order valence-electron chi connectivity index (χ2n) is 4.92. The van der Waals surface area contributed by atoms with E-state index in [2.05, 4.69) is 42.4 Å². The summed E-state index contributed by atoms with van der Waals surface area (Å²) in [6.45, 7) is 5.65. The molecule has 1 heterocycles. The van der Waals surface area contributed by atoms with Crippen LogP contribution < -0.4 is 10.2 Å². The fourth-order valence-corrected chi connectivity index (χ4v) is 3.52. The average molecular weight is 449 g/mol. The maximum atomic E-state index is 11.9. The Morgan fingerprint density at radius 2 is 2.17 bits per heavy atom. The van der Waals surface area contributed by atoms with Crippen LogP contribution >= 0.6 is 31.9 Å². The first-order valence-electron chi connectivity index (χ1n) is 7.34. The number of amides is 1. The summed E-state index contributed by atoms with van der Waals surface area (Å²) in [5.41, 5.74) is 3.33. The second kappa shape index (κ2) is 9.36. The van der Waals surface area contributed by atoms with Crippen LogP contribution in [0.2, 0.25) is 0 Å². The number of hydrogen-bond acceptors (Lipinski definition) is 5. The van der Waals surface area contributed by atoms with Crippen molar-refractivity contribution in [2.24, 2.45) is 5.10 Å². The van der Waals surface area contributed by atoms with E-state index >= 15 is 0 Å². The molecule has 126 valence electrons. The maximum absolute atomic E-state index is 11.9. The van der Waals surface area contributed by atoms with Crippen LogP contribution in [0.5, 0.6) is 5.75 Å². The molecule has 6 nitrogen and oxygen atoms in total. The number of carbonyl (C=O) groups is 1. The highest BCUT2D eigenvalue weighted by Crippen LogP contribution is 2.32. The molecule has 0 spiro atoms. The van der Waals surface area contributed by atoms with Gasteiger partial charge in [0.05, 0.1) is 37.1 Å². The van der Waals surface area contributed by atoms with Crippen LogP contribution in [-0.4, -0.2) is 56.5 Å². The Kier molecular flexibility index (Phi) is 7.48. The van der Waals surface area contributed by atoms with Crippen molar-refractivity contribution in [2.75, 3.05) is 39.5 Å². The van der Waals surface area contributed by atoms with E-state index in [-0.39, 0.29) is 5.91 Å². The van der Waals surface area contributed by atoms with Gasteiger partial charge in [-0.2, -0.15) is 5.10 Å². The molecule has 0 aliphatic carbocycles. The van der Waals surface area contributed by atoms with E-state index in [4.69, 9.17) is 9.47 Å². The molecule has 23 heavy (non-hydrogen) atoms. The van der Waals surface area contributed by atoms with E-state index < -0.39 is 0 Å². The van der Waals surface area contributed by atoms with Crippen molar-refractivity contribution in [2.45, 2.75) is 6.92 Å². The van der Waals surface area contributed by atoms with Crippen LogP contribution in [0.15, 0.2) is 26.2 Å². The van der Waals surface area contributed by atoms with Crippen LogP contribution in [0.3, 0.4) is 0 Å². The molecule has 1 N–H and O–H groups in total. The highest BCUT2D eigenvalue weighted by Gasteiger charge is 2.13. The number of rotatable bonds is 6. The number of benzene rings is 1. The van der Waals surface area contributed by atoms with Crippen LogP contribution in [0.4, 0.5) is 0 Å². The smallest absolute Gasteiger partial charge is 0.254 e. The number of halogens is 2. The molecule has 0 bridgehead atoms. The molecular formula is C15H19Br2N3O3. The number of hydrazone groups is 1. The van der Waals surface area contributed by atoms with Gasteiger partial charge in [-0.3, -0.25) is 9.69 Å². The minimum absolute atomic E-state index is 0.143. The van der Waals surface area contributed by atoms with Crippen molar-refractivity contribution >= 4 is 44.0 Å². The molecule has 1 aromatic rings. The summed E-state index contributed by atoms with van der Waals surface area (Å²) >= 11 is 6.89. The Labute approximate surface area is 152 Å². The molecule has 0 aromatic heterocycles. The number of hydrogen-bond donors (Lipinski definition) is 1. The summed E-state index contributed by atoms with van der Waals surface area (Å²) in [6, 6.07) is 3.78. The summed E-state index contributed by atoms with van der Waals surface area (Å²) in [5.74, 6) is 0.553. The van der Waals surface area contributed by atoms with E-state index in [1.807, 2.05) is 24.0 Å². The standard InChI is InChI=1S/C15H19Br2N3O3/c1-2-23-15-11(7-12(16)8-13(15)17)9-18-19-14(21)10-20-3-5-22-6-4-20/h7-9H,2-6,10H2,1H3,(H,19,21)/b18-9+. The number of morpholine rings is 1. The Morgan fingerprint density at radius 1 is 1.43 bits per heavy atom. The third-order valence-corrected chi connectivity index (χ3v) is 4.24. The van der Waals surface area contributed by atoms with Crippen molar-refractivity contribution in [1.29, 1.82) is 0 Å². The largest absolute Gasteiger partial charge is 0.492 e. The number of carbonyl (C=O) groups excluding carboxylic acids is 1. The van der Waals surface area contributed by atoms with Gasteiger partial charge in [0, 0.05) is 23.1 Å². The lowest BCUT2D eigenvalue weighted by atomic mass is 10.2. The maximum Gasteiger partial charge on any atom is 0.254 e. The number of nitrogens with one attached hydrogen (secondary N) is 1.